The summed E-state index contributed by atoms with van der Waals surface area (Å²) in [7, 11) is -3.48. The van der Waals surface area contributed by atoms with E-state index < -0.39 is 10.0 Å². The summed E-state index contributed by atoms with van der Waals surface area (Å²) in [4.78, 5) is 11.7. The normalized spacial score (nSPS) is 26.4. The minimum atomic E-state index is -3.48. The molecular weight excluding hydrogens is 290 g/mol. The Hall–Kier alpha value is -1.60. The number of nitrogen functional groups attached to an aromatic ring is 1. The summed E-state index contributed by atoms with van der Waals surface area (Å²) < 4.78 is 26.9. The second kappa shape index (κ2) is 5.31. The zero-order chi connectivity index (χ0) is 15.0. The first-order valence-corrected chi connectivity index (χ1v) is 8.70. The first kappa shape index (κ1) is 14.3. The van der Waals surface area contributed by atoms with Crippen LogP contribution in [0.4, 0.5) is 5.69 Å². The van der Waals surface area contributed by atoms with E-state index in [0.717, 1.165) is 12.8 Å². The number of sulfonamides is 1. The Morgan fingerprint density at radius 3 is 2.86 bits per heavy atom. The molecule has 2 heterocycles. The Morgan fingerprint density at radius 1 is 1.33 bits per heavy atom. The summed E-state index contributed by atoms with van der Waals surface area (Å²) in [5.74, 6) is -0.349. The zero-order valence-electron chi connectivity index (χ0n) is 11.7. The highest BCUT2D eigenvalue weighted by atomic mass is 32.2. The fourth-order valence-corrected chi connectivity index (χ4v) is 5.07. The third kappa shape index (κ3) is 2.63. The van der Waals surface area contributed by atoms with E-state index in [1.54, 1.807) is 24.3 Å². The molecule has 1 amide bonds. The van der Waals surface area contributed by atoms with E-state index in [4.69, 9.17) is 5.73 Å². The Balaban J connectivity index is 1.85. The molecule has 21 heavy (non-hydrogen) atoms. The van der Waals surface area contributed by atoms with Gasteiger partial charge in [0.25, 0.3) is 0 Å². The highest BCUT2D eigenvalue weighted by Crippen LogP contribution is 2.31. The lowest BCUT2D eigenvalue weighted by Crippen LogP contribution is -2.49. The predicted molar refractivity (Wildman–Crippen MR) is 79.7 cm³/mol. The first-order chi connectivity index (χ1) is 9.99. The molecule has 2 aliphatic heterocycles. The van der Waals surface area contributed by atoms with Crippen molar-refractivity contribution in [3.8, 4) is 0 Å². The van der Waals surface area contributed by atoms with Gasteiger partial charge in [-0.1, -0.05) is 18.2 Å². The summed E-state index contributed by atoms with van der Waals surface area (Å²) in [6.07, 6.45) is 1.48. The van der Waals surface area contributed by atoms with Crippen molar-refractivity contribution < 1.29 is 13.2 Å². The van der Waals surface area contributed by atoms with E-state index >= 15 is 0 Å². The fraction of sp³-hybridized carbons (Fsp3) is 0.500. The molecule has 0 aromatic heterocycles. The van der Waals surface area contributed by atoms with Crippen LogP contribution in [0.5, 0.6) is 0 Å². The molecule has 2 unspecified atom stereocenters. The smallest absolute Gasteiger partial charge is 0.224 e. The van der Waals surface area contributed by atoms with Gasteiger partial charge in [-0.15, -0.1) is 0 Å². The van der Waals surface area contributed by atoms with Crippen molar-refractivity contribution in [3.05, 3.63) is 29.8 Å². The fourth-order valence-electron chi connectivity index (χ4n) is 3.20. The average molecular weight is 309 g/mol. The van der Waals surface area contributed by atoms with Gasteiger partial charge in [-0.2, -0.15) is 4.31 Å². The van der Waals surface area contributed by atoms with Gasteiger partial charge in [-0.25, -0.2) is 8.42 Å². The number of nitrogens with zero attached hydrogens (tertiary/aromatic N) is 1. The highest BCUT2D eigenvalue weighted by molar-refractivity contribution is 7.88. The maximum Gasteiger partial charge on any atom is 0.224 e. The Kier molecular flexibility index (Phi) is 3.62. The maximum absolute atomic E-state index is 12.7. The molecule has 2 saturated heterocycles. The van der Waals surface area contributed by atoms with Crippen molar-refractivity contribution in [2.24, 2.45) is 5.92 Å². The summed E-state index contributed by atoms with van der Waals surface area (Å²) >= 11 is 0. The molecule has 0 spiro atoms. The molecule has 114 valence electrons. The zero-order valence-corrected chi connectivity index (χ0v) is 12.5. The lowest BCUT2D eigenvalue weighted by atomic mass is 9.93. The topological polar surface area (TPSA) is 92.5 Å². The molecule has 2 atom stereocenters. The van der Waals surface area contributed by atoms with Gasteiger partial charge in [0.15, 0.2) is 0 Å². The molecule has 0 aliphatic carbocycles. The molecule has 0 radical (unpaired) electrons. The maximum atomic E-state index is 12.7. The third-order valence-corrected chi connectivity index (χ3v) is 6.14. The SMILES string of the molecule is Nc1ccccc1CS(=O)(=O)N1CCCC2C(=O)NCC21. The van der Waals surface area contributed by atoms with Crippen molar-refractivity contribution in [1.82, 2.24) is 9.62 Å². The number of benzene rings is 1. The number of anilines is 1. The van der Waals surface area contributed by atoms with Crippen LogP contribution >= 0.6 is 0 Å². The number of fused-ring (bicyclic) bond motifs is 1. The predicted octanol–water partition coefficient (Wildman–Crippen LogP) is 0.309. The number of nitrogens with one attached hydrogen (secondary N) is 1. The minimum absolute atomic E-state index is 0.0286. The molecule has 2 aliphatic rings. The van der Waals surface area contributed by atoms with Crippen molar-refractivity contribution in [2.75, 3.05) is 18.8 Å². The number of para-hydroxylation sites is 1. The lowest BCUT2D eigenvalue weighted by Gasteiger charge is -2.34. The number of carbonyl (C=O) groups is 1. The van der Waals surface area contributed by atoms with Crippen LogP contribution in [0.25, 0.3) is 0 Å². The number of nitrogens with two attached hydrogens (primary N) is 1. The van der Waals surface area contributed by atoms with Crippen LogP contribution < -0.4 is 11.1 Å². The van der Waals surface area contributed by atoms with Crippen molar-refractivity contribution in [1.29, 1.82) is 0 Å². The van der Waals surface area contributed by atoms with E-state index in [9.17, 15) is 13.2 Å². The van der Waals surface area contributed by atoms with Gasteiger partial charge in [0.05, 0.1) is 17.7 Å². The van der Waals surface area contributed by atoms with Gasteiger partial charge < -0.3 is 11.1 Å². The van der Waals surface area contributed by atoms with Crippen LogP contribution in [-0.2, 0) is 20.6 Å². The van der Waals surface area contributed by atoms with Crippen molar-refractivity contribution in [3.63, 3.8) is 0 Å². The number of carbonyl (C=O) groups excluding carboxylic acids is 1. The second-order valence-corrected chi connectivity index (χ2v) is 7.55. The number of piperidine rings is 1. The van der Waals surface area contributed by atoms with Crippen LogP contribution in [0.1, 0.15) is 18.4 Å². The Morgan fingerprint density at radius 2 is 2.10 bits per heavy atom. The molecule has 7 heteroatoms. The van der Waals surface area contributed by atoms with Crippen LogP contribution in [0.2, 0.25) is 0 Å². The first-order valence-electron chi connectivity index (χ1n) is 7.09. The van der Waals surface area contributed by atoms with Gasteiger partial charge in [0.1, 0.15) is 0 Å². The number of hydrogen-bond donors (Lipinski definition) is 2. The van der Waals surface area contributed by atoms with Crippen LogP contribution in [0.3, 0.4) is 0 Å². The molecule has 0 saturated carbocycles. The summed E-state index contributed by atoms with van der Waals surface area (Å²) in [5, 5.41) is 2.77. The van der Waals surface area contributed by atoms with Crippen LogP contribution in [0, 0.1) is 5.92 Å². The van der Waals surface area contributed by atoms with Gasteiger partial charge in [0, 0.05) is 18.8 Å². The standard InChI is InChI=1S/C14H19N3O3S/c15-12-6-2-1-4-10(12)9-21(19,20)17-7-3-5-11-13(17)8-16-14(11)18/h1-2,4,6,11,13H,3,5,7-9,15H2,(H,16,18). The molecule has 0 bridgehead atoms. The summed E-state index contributed by atoms with van der Waals surface area (Å²) in [5.41, 5.74) is 6.93. The molecule has 6 nitrogen and oxygen atoms in total. The van der Waals surface area contributed by atoms with E-state index in [0.29, 0.717) is 24.3 Å². The Labute approximate surface area is 124 Å². The van der Waals surface area contributed by atoms with E-state index in [1.807, 2.05) is 0 Å². The third-order valence-electron chi connectivity index (χ3n) is 4.30. The van der Waals surface area contributed by atoms with E-state index in [1.165, 1.54) is 4.31 Å². The van der Waals surface area contributed by atoms with Gasteiger partial charge >= 0.3 is 0 Å². The summed E-state index contributed by atoms with van der Waals surface area (Å²) in [6.45, 7) is 0.887. The number of rotatable bonds is 3. The van der Waals surface area contributed by atoms with Gasteiger partial charge in [-0.05, 0) is 24.5 Å². The number of hydrogen-bond acceptors (Lipinski definition) is 4. The van der Waals surface area contributed by atoms with Crippen LogP contribution in [-0.4, -0.2) is 37.8 Å². The monoisotopic (exact) mass is 309 g/mol. The van der Waals surface area contributed by atoms with Gasteiger partial charge in [-0.3, -0.25) is 4.79 Å². The summed E-state index contributed by atoms with van der Waals surface area (Å²) in [6, 6.07) is 6.74. The lowest BCUT2D eigenvalue weighted by molar-refractivity contribution is -0.123. The quantitative estimate of drug-likeness (QED) is 0.786. The minimum Gasteiger partial charge on any atom is -0.398 e. The molecular formula is C14H19N3O3S. The largest absolute Gasteiger partial charge is 0.398 e. The molecule has 3 N–H and O–H groups in total. The van der Waals surface area contributed by atoms with Crippen molar-refractivity contribution in [2.45, 2.75) is 24.6 Å². The van der Waals surface area contributed by atoms with Crippen LogP contribution in [0.15, 0.2) is 24.3 Å². The highest BCUT2D eigenvalue weighted by Gasteiger charge is 2.45. The van der Waals surface area contributed by atoms with Crippen molar-refractivity contribution >= 4 is 21.6 Å². The van der Waals surface area contributed by atoms with E-state index in [-0.39, 0.29) is 23.6 Å². The number of amides is 1. The van der Waals surface area contributed by atoms with Gasteiger partial charge in [0.2, 0.25) is 15.9 Å². The average Bonchev–Trinajstić information content (AvgIpc) is 2.83. The molecule has 3 rings (SSSR count). The molecule has 2 fully saturated rings. The Bertz CT molecular complexity index is 659. The molecule has 1 aromatic carbocycles. The second-order valence-electron chi connectivity index (χ2n) is 5.63. The van der Waals surface area contributed by atoms with E-state index in [2.05, 4.69) is 5.32 Å². The molecule has 1 aromatic rings.